The molecule has 0 saturated carbocycles. The maximum Gasteiger partial charge on any atom is 0.228 e. The highest BCUT2D eigenvalue weighted by Gasteiger charge is 2.19. The van der Waals surface area contributed by atoms with Gasteiger partial charge in [0.05, 0.1) is 29.8 Å². The maximum absolute atomic E-state index is 12.5. The second kappa shape index (κ2) is 11.0. The van der Waals surface area contributed by atoms with Crippen molar-refractivity contribution in [1.82, 2.24) is 9.97 Å². The minimum Gasteiger partial charge on any atom is -0.378 e. The zero-order valence-electron chi connectivity index (χ0n) is 20.7. The normalized spacial score (nSPS) is 14.1. The Hall–Kier alpha value is -3.50. The lowest BCUT2D eigenvalue weighted by molar-refractivity contribution is -0.115. The van der Waals surface area contributed by atoms with Crippen molar-refractivity contribution >= 4 is 38.8 Å². The first-order valence-corrected chi connectivity index (χ1v) is 13.4. The second-order valence-corrected chi connectivity index (χ2v) is 11.4. The number of hydrogen-bond donors (Lipinski definition) is 2. The van der Waals surface area contributed by atoms with E-state index in [0.29, 0.717) is 30.5 Å². The SMILES string of the molecule is Cc1nc(Nc2ccc(NC(=O)Cc3ccc(S(=O)(=O)C(C)C)cc3)cc2)cc(N2CCOCC2)n1. The van der Waals surface area contributed by atoms with Crippen LogP contribution in [0.1, 0.15) is 25.2 Å². The van der Waals surface area contributed by atoms with Crippen molar-refractivity contribution in [3.05, 3.63) is 66.0 Å². The van der Waals surface area contributed by atoms with Gasteiger partial charge in [0.1, 0.15) is 17.5 Å². The number of rotatable bonds is 8. The molecule has 1 fully saturated rings. The number of sulfone groups is 1. The van der Waals surface area contributed by atoms with Crippen molar-refractivity contribution in [3.63, 3.8) is 0 Å². The fourth-order valence-corrected chi connectivity index (χ4v) is 4.87. The van der Waals surface area contributed by atoms with Gasteiger partial charge < -0.3 is 20.3 Å². The molecule has 0 atom stereocenters. The molecular weight excluding hydrogens is 478 g/mol. The van der Waals surface area contributed by atoms with E-state index in [1.165, 1.54) is 0 Å². The van der Waals surface area contributed by atoms with Crippen LogP contribution in [0.4, 0.5) is 23.0 Å². The number of hydrogen-bond acceptors (Lipinski definition) is 8. The Morgan fingerprint density at radius 2 is 1.64 bits per heavy atom. The molecule has 0 unspecified atom stereocenters. The van der Waals surface area contributed by atoms with E-state index in [1.54, 1.807) is 38.1 Å². The fourth-order valence-electron chi connectivity index (χ4n) is 3.81. The third-order valence-corrected chi connectivity index (χ3v) is 8.01. The molecule has 0 spiro atoms. The zero-order chi connectivity index (χ0) is 25.7. The number of carbonyl (C=O) groups is 1. The van der Waals surface area contributed by atoms with Gasteiger partial charge in [-0.3, -0.25) is 4.79 Å². The van der Waals surface area contributed by atoms with Crippen LogP contribution in [-0.2, 0) is 25.8 Å². The average molecular weight is 510 g/mol. The van der Waals surface area contributed by atoms with Gasteiger partial charge in [-0.1, -0.05) is 12.1 Å². The smallest absolute Gasteiger partial charge is 0.228 e. The zero-order valence-corrected chi connectivity index (χ0v) is 21.5. The van der Waals surface area contributed by atoms with E-state index < -0.39 is 15.1 Å². The van der Waals surface area contributed by atoms with Gasteiger partial charge in [-0.25, -0.2) is 18.4 Å². The molecule has 0 radical (unpaired) electrons. The highest BCUT2D eigenvalue weighted by atomic mass is 32.2. The summed E-state index contributed by atoms with van der Waals surface area (Å²) in [6.07, 6.45) is 0.145. The summed E-state index contributed by atoms with van der Waals surface area (Å²) in [5.41, 5.74) is 2.24. The van der Waals surface area contributed by atoms with Crippen LogP contribution in [0.5, 0.6) is 0 Å². The van der Waals surface area contributed by atoms with Crippen molar-refractivity contribution in [2.24, 2.45) is 0 Å². The van der Waals surface area contributed by atoms with E-state index in [1.807, 2.05) is 37.3 Å². The summed E-state index contributed by atoms with van der Waals surface area (Å²) in [5, 5.41) is 5.68. The average Bonchev–Trinajstić information content (AvgIpc) is 2.85. The largest absolute Gasteiger partial charge is 0.378 e. The van der Waals surface area contributed by atoms with E-state index >= 15 is 0 Å². The van der Waals surface area contributed by atoms with Gasteiger partial charge >= 0.3 is 0 Å². The minimum absolute atomic E-state index is 0.145. The highest BCUT2D eigenvalue weighted by molar-refractivity contribution is 7.92. The van der Waals surface area contributed by atoms with Crippen LogP contribution in [0.25, 0.3) is 0 Å². The molecule has 2 N–H and O–H groups in total. The van der Waals surface area contributed by atoms with Gasteiger partial charge in [0.15, 0.2) is 9.84 Å². The third-order valence-electron chi connectivity index (χ3n) is 5.84. The number of aryl methyl sites for hydroxylation is 1. The number of anilines is 4. The monoisotopic (exact) mass is 509 g/mol. The Labute approximate surface area is 211 Å². The minimum atomic E-state index is -3.33. The van der Waals surface area contributed by atoms with Gasteiger partial charge in [-0.2, -0.15) is 0 Å². The molecule has 1 aromatic heterocycles. The van der Waals surface area contributed by atoms with Crippen molar-refractivity contribution in [2.75, 3.05) is 41.8 Å². The van der Waals surface area contributed by atoms with Crippen molar-refractivity contribution in [2.45, 2.75) is 37.3 Å². The standard InChI is InChI=1S/C26H31N5O4S/c1-18(2)36(33,34)23-10-4-20(5-11-23)16-26(32)30-22-8-6-21(7-9-22)29-24-17-25(28-19(3)27-24)31-12-14-35-15-13-31/h4-11,17-18H,12-16H2,1-3H3,(H,30,32)(H,27,28,29). The third kappa shape index (κ3) is 6.38. The molecular formula is C26H31N5O4S. The fraction of sp³-hybridized carbons (Fsp3) is 0.346. The summed E-state index contributed by atoms with van der Waals surface area (Å²) in [6, 6.07) is 15.7. The summed E-state index contributed by atoms with van der Waals surface area (Å²) in [5.74, 6) is 2.06. The molecule has 36 heavy (non-hydrogen) atoms. The van der Waals surface area contributed by atoms with E-state index in [2.05, 4.69) is 25.5 Å². The number of ether oxygens (including phenoxy) is 1. The predicted molar refractivity (Wildman–Crippen MR) is 141 cm³/mol. The summed E-state index contributed by atoms with van der Waals surface area (Å²) >= 11 is 0. The molecule has 2 aromatic carbocycles. The Kier molecular flexibility index (Phi) is 7.85. The number of benzene rings is 2. The number of morpholine rings is 1. The Morgan fingerprint density at radius 3 is 2.28 bits per heavy atom. The topological polar surface area (TPSA) is 114 Å². The molecule has 0 bridgehead atoms. The lowest BCUT2D eigenvalue weighted by atomic mass is 10.1. The van der Waals surface area contributed by atoms with Crippen LogP contribution in [0.3, 0.4) is 0 Å². The van der Waals surface area contributed by atoms with Crippen LogP contribution in [-0.4, -0.2) is 55.8 Å². The van der Waals surface area contributed by atoms with Crippen molar-refractivity contribution in [1.29, 1.82) is 0 Å². The molecule has 10 heteroatoms. The Morgan fingerprint density at radius 1 is 1.00 bits per heavy atom. The van der Waals surface area contributed by atoms with Gasteiger partial charge in [0.2, 0.25) is 5.91 Å². The lowest BCUT2D eigenvalue weighted by Crippen LogP contribution is -2.36. The first kappa shape index (κ1) is 25.6. The molecule has 4 rings (SSSR count). The van der Waals surface area contributed by atoms with Crippen LogP contribution in [0.2, 0.25) is 0 Å². The number of aromatic nitrogens is 2. The molecule has 9 nitrogen and oxygen atoms in total. The van der Waals surface area contributed by atoms with E-state index in [9.17, 15) is 13.2 Å². The molecule has 1 saturated heterocycles. The molecule has 2 heterocycles. The van der Waals surface area contributed by atoms with Crippen molar-refractivity contribution in [3.8, 4) is 0 Å². The molecule has 1 aliphatic rings. The van der Waals surface area contributed by atoms with Gasteiger partial charge in [-0.05, 0) is 62.7 Å². The highest BCUT2D eigenvalue weighted by Crippen LogP contribution is 2.22. The maximum atomic E-state index is 12.5. The summed E-state index contributed by atoms with van der Waals surface area (Å²) in [7, 11) is -3.33. The van der Waals surface area contributed by atoms with E-state index in [4.69, 9.17) is 4.74 Å². The Bertz CT molecular complexity index is 1300. The van der Waals surface area contributed by atoms with E-state index in [-0.39, 0.29) is 17.2 Å². The first-order valence-electron chi connectivity index (χ1n) is 11.9. The summed E-state index contributed by atoms with van der Waals surface area (Å²) < 4.78 is 29.9. The van der Waals surface area contributed by atoms with Crippen molar-refractivity contribution < 1.29 is 17.9 Å². The molecule has 0 aliphatic carbocycles. The number of nitrogens with one attached hydrogen (secondary N) is 2. The quantitative estimate of drug-likeness (QED) is 0.472. The van der Waals surface area contributed by atoms with Gasteiger partial charge in [-0.15, -0.1) is 0 Å². The summed E-state index contributed by atoms with van der Waals surface area (Å²) in [6.45, 7) is 8.12. The number of amides is 1. The van der Waals surface area contributed by atoms with Crippen LogP contribution < -0.4 is 15.5 Å². The van der Waals surface area contributed by atoms with Crippen LogP contribution in [0.15, 0.2) is 59.5 Å². The van der Waals surface area contributed by atoms with Crippen LogP contribution in [0, 0.1) is 6.92 Å². The number of carbonyl (C=O) groups excluding carboxylic acids is 1. The predicted octanol–water partition coefficient (Wildman–Crippen LogP) is 3.73. The van der Waals surface area contributed by atoms with E-state index in [0.717, 1.165) is 30.2 Å². The Balaban J connectivity index is 1.35. The molecule has 1 aliphatic heterocycles. The van der Waals surface area contributed by atoms with Gasteiger partial charge in [0, 0.05) is 30.5 Å². The number of nitrogens with zero attached hydrogens (tertiary/aromatic N) is 3. The molecule has 190 valence electrons. The molecule has 3 aromatic rings. The molecule has 1 amide bonds. The lowest BCUT2D eigenvalue weighted by Gasteiger charge is -2.28. The van der Waals surface area contributed by atoms with Crippen LogP contribution >= 0.6 is 0 Å². The first-order chi connectivity index (χ1) is 17.2. The second-order valence-electron chi connectivity index (χ2n) is 8.92. The van der Waals surface area contributed by atoms with Gasteiger partial charge in [0.25, 0.3) is 0 Å². The summed E-state index contributed by atoms with van der Waals surface area (Å²) in [4.78, 5) is 24.0.